The van der Waals surface area contributed by atoms with Crippen LogP contribution in [-0.2, 0) is 11.2 Å². The molecule has 0 radical (unpaired) electrons. The molecular weight excluding hydrogens is 318 g/mol. The maximum Gasteiger partial charge on any atom is 0.253 e. The summed E-state index contributed by atoms with van der Waals surface area (Å²) < 4.78 is 10.9. The highest BCUT2D eigenvalue weighted by molar-refractivity contribution is 5.98. The van der Waals surface area contributed by atoms with Gasteiger partial charge in [0.05, 0.1) is 11.8 Å². The van der Waals surface area contributed by atoms with Gasteiger partial charge in [0.25, 0.3) is 5.91 Å². The molecule has 4 rings (SSSR count). The van der Waals surface area contributed by atoms with Crippen LogP contribution >= 0.6 is 0 Å². The molecule has 0 bridgehead atoms. The van der Waals surface area contributed by atoms with Crippen molar-refractivity contribution in [3.63, 3.8) is 0 Å². The number of nitrogens with zero attached hydrogens (tertiary/aromatic N) is 2. The smallest absolute Gasteiger partial charge is 0.253 e. The van der Waals surface area contributed by atoms with Gasteiger partial charge in [-0.2, -0.15) is 0 Å². The lowest BCUT2D eigenvalue weighted by Crippen LogP contribution is -2.29. The lowest BCUT2D eigenvalue weighted by molar-refractivity contribution is 0.0672. The first kappa shape index (κ1) is 15.9. The summed E-state index contributed by atoms with van der Waals surface area (Å²) in [5.74, 6) is 1.09. The first-order valence-electron chi connectivity index (χ1n) is 8.45. The quantitative estimate of drug-likeness (QED) is 0.793. The number of methoxy groups -OCH3 is 1. The summed E-state index contributed by atoms with van der Waals surface area (Å²) in [4.78, 5) is 17.9. The van der Waals surface area contributed by atoms with E-state index in [1.807, 2.05) is 48.4 Å². The molecule has 0 unspecified atom stereocenters. The molecule has 1 aliphatic rings. The number of hydrogen-bond acceptors (Lipinski definition) is 4. The molecule has 1 saturated heterocycles. The molecule has 130 valence electrons. The number of H-pyrrole nitrogens is 1. The van der Waals surface area contributed by atoms with Gasteiger partial charge in [-0.3, -0.25) is 4.79 Å². The zero-order valence-electron chi connectivity index (χ0n) is 14.4. The molecule has 1 aliphatic heterocycles. The highest BCUT2D eigenvalue weighted by Crippen LogP contribution is 2.26. The largest absolute Gasteiger partial charge is 0.379 e. The lowest BCUT2D eigenvalue weighted by atomic mass is 10.0. The monoisotopic (exact) mass is 339 g/mol. The number of benzene rings is 1. The maximum absolute atomic E-state index is 12.9. The molecule has 2 aromatic heterocycles. The normalized spacial score (nSPS) is 20.5. The third kappa shape index (κ3) is 3.05. The molecule has 0 spiro atoms. The summed E-state index contributed by atoms with van der Waals surface area (Å²) in [5.41, 5.74) is 2.61. The van der Waals surface area contributed by atoms with Crippen molar-refractivity contribution in [3.05, 3.63) is 53.5 Å². The van der Waals surface area contributed by atoms with Crippen LogP contribution < -0.4 is 0 Å². The topological polar surface area (TPSA) is 71.4 Å². The van der Waals surface area contributed by atoms with E-state index in [-0.39, 0.29) is 17.9 Å². The fourth-order valence-corrected chi connectivity index (χ4v) is 3.61. The summed E-state index contributed by atoms with van der Waals surface area (Å²) in [6.07, 6.45) is 2.61. The van der Waals surface area contributed by atoms with Gasteiger partial charge < -0.3 is 19.1 Å². The van der Waals surface area contributed by atoms with Crippen molar-refractivity contribution in [2.45, 2.75) is 19.4 Å². The predicted molar refractivity (Wildman–Crippen MR) is 93.4 cm³/mol. The van der Waals surface area contributed by atoms with Crippen molar-refractivity contribution >= 4 is 16.8 Å². The number of rotatable bonds is 4. The number of likely N-dealkylation sites (tertiary alicyclic amines) is 1. The minimum absolute atomic E-state index is 0.00495. The Labute approximate surface area is 145 Å². The number of amides is 1. The number of aryl methyl sites for hydroxylation is 1. The van der Waals surface area contributed by atoms with Crippen LogP contribution in [0.5, 0.6) is 0 Å². The Hall–Kier alpha value is -2.60. The number of carbonyl (C=O) groups excluding carboxylic acids is 1. The molecule has 3 aromatic rings. The standard InChI is InChI=1S/C19H21N3O3/c1-12-7-16(25-21-12)9-15-10-22(11-18(15)24-2)19(23)14-3-4-17-13(8-14)5-6-20-17/h3-8,15,18,20H,9-11H2,1-2H3/t15-,18+/m1/s1. The number of aromatic nitrogens is 2. The van der Waals surface area contributed by atoms with Crippen LogP contribution in [0.15, 0.2) is 41.1 Å². The molecule has 1 amide bonds. The SMILES string of the molecule is CO[C@H]1CN(C(=O)c2ccc3[nH]ccc3c2)C[C@H]1Cc1cc(C)no1. The van der Waals surface area contributed by atoms with Gasteiger partial charge in [-0.05, 0) is 31.2 Å². The van der Waals surface area contributed by atoms with Crippen LogP contribution in [0.2, 0.25) is 0 Å². The van der Waals surface area contributed by atoms with Gasteiger partial charge in [0, 0.05) is 61.3 Å². The van der Waals surface area contributed by atoms with Crippen LogP contribution in [0.1, 0.15) is 21.8 Å². The van der Waals surface area contributed by atoms with E-state index >= 15 is 0 Å². The van der Waals surface area contributed by atoms with E-state index in [1.165, 1.54) is 0 Å². The Balaban J connectivity index is 1.51. The number of ether oxygens (including phenoxy) is 1. The van der Waals surface area contributed by atoms with Gasteiger partial charge in [0.1, 0.15) is 5.76 Å². The Kier molecular flexibility index (Phi) is 4.05. The van der Waals surface area contributed by atoms with E-state index in [0.717, 1.165) is 28.8 Å². The third-order valence-electron chi connectivity index (χ3n) is 4.91. The van der Waals surface area contributed by atoms with E-state index < -0.39 is 0 Å². The van der Waals surface area contributed by atoms with Crippen LogP contribution in [0.25, 0.3) is 10.9 Å². The number of carbonyl (C=O) groups is 1. The Bertz CT molecular complexity index is 898. The van der Waals surface area contributed by atoms with Gasteiger partial charge in [-0.1, -0.05) is 5.16 Å². The van der Waals surface area contributed by atoms with Gasteiger partial charge in [0.15, 0.2) is 0 Å². The Morgan fingerprint density at radius 1 is 1.36 bits per heavy atom. The molecule has 1 fully saturated rings. The van der Waals surface area contributed by atoms with Crippen LogP contribution in [0.4, 0.5) is 0 Å². The van der Waals surface area contributed by atoms with Gasteiger partial charge in [-0.25, -0.2) is 0 Å². The van der Waals surface area contributed by atoms with E-state index in [4.69, 9.17) is 9.26 Å². The van der Waals surface area contributed by atoms with Crippen molar-refractivity contribution in [1.82, 2.24) is 15.0 Å². The highest BCUT2D eigenvalue weighted by atomic mass is 16.5. The van der Waals surface area contributed by atoms with Gasteiger partial charge in [-0.15, -0.1) is 0 Å². The number of hydrogen-bond donors (Lipinski definition) is 1. The first-order chi connectivity index (χ1) is 12.1. The van der Waals surface area contributed by atoms with E-state index in [1.54, 1.807) is 7.11 Å². The minimum atomic E-state index is 0.00495. The van der Waals surface area contributed by atoms with Crippen molar-refractivity contribution in [1.29, 1.82) is 0 Å². The Morgan fingerprint density at radius 3 is 3.00 bits per heavy atom. The van der Waals surface area contributed by atoms with Crippen molar-refractivity contribution in [2.24, 2.45) is 5.92 Å². The molecule has 3 heterocycles. The molecule has 1 aromatic carbocycles. The van der Waals surface area contributed by atoms with Gasteiger partial charge >= 0.3 is 0 Å². The lowest BCUT2D eigenvalue weighted by Gasteiger charge is -2.16. The molecule has 2 atom stereocenters. The van der Waals surface area contributed by atoms with Crippen molar-refractivity contribution in [3.8, 4) is 0 Å². The molecule has 0 aliphatic carbocycles. The zero-order valence-corrected chi connectivity index (χ0v) is 14.4. The average Bonchev–Trinajstić information content (AvgIpc) is 3.33. The van der Waals surface area contributed by atoms with Crippen molar-refractivity contribution < 1.29 is 14.1 Å². The second-order valence-corrected chi connectivity index (χ2v) is 6.66. The third-order valence-corrected chi connectivity index (χ3v) is 4.91. The Morgan fingerprint density at radius 2 is 2.24 bits per heavy atom. The molecular formula is C19H21N3O3. The fraction of sp³-hybridized carbons (Fsp3) is 0.368. The second-order valence-electron chi connectivity index (χ2n) is 6.66. The number of fused-ring (bicyclic) bond motifs is 1. The summed E-state index contributed by atoms with van der Waals surface area (Å²) >= 11 is 0. The second kappa shape index (κ2) is 6.37. The van der Waals surface area contributed by atoms with E-state index in [9.17, 15) is 4.79 Å². The van der Waals surface area contributed by atoms with Crippen molar-refractivity contribution in [2.75, 3.05) is 20.2 Å². The summed E-state index contributed by atoms with van der Waals surface area (Å²) in [6, 6.07) is 9.67. The van der Waals surface area contributed by atoms with Crippen LogP contribution in [-0.4, -0.2) is 47.3 Å². The van der Waals surface area contributed by atoms with E-state index in [2.05, 4.69) is 10.1 Å². The summed E-state index contributed by atoms with van der Waals surface area (Å²) in [6.45, 7) is 3.16. The minimum Gasteiger partial charge on any atom is -0.379 e. The van der Waals surface area contributed by atoms with E-state index in [0.29, 0.717) is 18.7 Å². The van der Waals surface area contributed by atoms with Crippen LogP contribution in [0, 0.1) is 12.8 Å². The number of nitrogens with one attached hydrogen (secondary N) is 1. The molecule has 6 nitrogen and oxygen atoms in total. The average molecular weight is 339 g/mol. The molecule has 6 heteroatoms. The number of aromatic amines is 1. The molecule has 25 heavy (non-hydrogen) atoms. The van der Waals surface area contributed by atoms with Crippen LogP contribution in [0.3, 0.4) is 0 Å². The fourth-order valence-electron chi connectivity index (χ4n) is 3.61. The summed E-state index contributed by atoms with van der Waals surface area (Å²) in [5, 5.41) is 4.98. The highest BCUT2D eigenvalue weighted by Gasteiger charge is 2.36. The first-order valence-corrected chi connectivity index (χ1v) is 8.45. The molecule has 1 N–H and O–H groups in total. The molecule has 0 saturated carbocycles. The summed E-state index contributed by atoms with van der Waals surface area (Å²) in [7, 11) is 1.70. The maximum atomic E-state index is 12.9. The predicted octanol–water partition coefficient (Wildman–Crippen LogP) is 2.79. The van der Waals surface area contributed by atoms with Gasteiger partial charge in [0.2, 0.25) is 0 Å². The zero-order chi connectivity index (χ0) is 17.4.